The minimum absolute atomic E-state index is 0.257. The second-order valence-electron chi connectivity index (χ2n) is 6.41. The number of aliphatic hydroxyl groups is 1. The molecular formula is C24H40N2O5S2. The Morgan fingerprint density at radius 1 is 1.03 bits per heavy atom. The van der Waals surface area contributed by atoms with Crippen molar-refractivity contribution in [3.05, 3.63) is 52.2 Å². The summed E-state index contributed by atoms with van der Waals surface area (Å²) in [6, 6.07) is 11.6. The van der Waals surface area contributed by atoms with Gasteiger partial charge in [0, 0.05) is 35.9 Å². The van der Waals surface area contributed by atoms with Crippen LogP contribution < -0.4 is 11.5 Å². The monoisotopic (exact) mass is 500 g/mol. The van der Waals surface area contributed by atoms with Crippen LogP contribution in [0.4, 0.5) is 5.69 Å². The number of benzene rings is 1. The Balaban J connectivity index is 0. The van der Waals surface area contributed by atoms with Crippen LogP contribution in [-0.4, -0.2) is 49.4 Å². The van der Waals surface area contributed by atoms with E-state index in [1.54, 1.807) is 11.3 Å². The molecule has 0 aliphatic heterocycles. The molecule has 0 aliphatic rings. The maximum atomic E-state index is 10.6. The first kappa shape index (κ1) is 33.1. The number of unbranched alkanes of at least 4 members (excludes halogenated alkanes) is 1. The Bertz CT molecular complexity index is 693. The number of rotatable bonds is 9. The van der Waals surface area contributed by atoms with Gasteiger partial charge in [-0.15, -0.1) is 23.1 Å². The van der Waals surface area contributed by atoms with Crippen LogP contribution in [0.25, 0.3) is 0 Å². The number of esters is 2. The summed E-state index contributed by atoms with van der Waals surface area (Å²) >= 11 is 3.04. The molecule has 0 spiro atoms. The van der Waals surface area contributed by atoms with Crippen LogP contribution in [0.2, 0.25) is 0 Å². The highest BCUT2D eigenvalue weighted by Gasteiger charge is 2.02. The maximum absolute atomic E-state index is 10.6. The Morgan fingerprint density at radius 3 is 2.09 bits per heavy atom. The van der Waals surface area contributed by atoms with Crippen molar-refractivity contribution in [3.8, 4) is 0 Å². The quantitative estimate of drug-likeness (QED) is 0.265. The maximum Gasteiger partial charge on any atom is 0.315 e. The van der Waals surface area contributed by atoms with Crippen LogP contribution in [0, 0.1) is 0 Å². The number of nitrogens with two attached hydrogens (primary N) is 2. The summed E-state index contributed by atoms with van der Waals surface area (Å²) in [5.74, 6) is 0.340. The number of aliphatic hydroxyl groups excluding tert-OH is 1. The van der Waals surface area contributed by atoms with Gasteiger partial charge in [0.15, 0.2) is 0 Å². The third kappa shape index (κ3) is 21.5. The largest absolute Gasteiger partial charge is 0.469 e. The number of methoxy groups -OCH3 is 2. The van der Waals surface area contributed by atoms with Gasteiger partial charge in [0.2, 0.25) is 0 Å². The molecular weight excluding hydrogens is 460 g/mol. The number of carbonyl (C=O) groups is 2. The first-order valence-electron chi connectivity index (χ1n) is 10.8. The SMILES string of the molecule is CCCC.COC(=O)CCSCC(=O)OC.NCc1ccccc1N.OCCc1cccs1. The molecule has 33 heavy (non-hydrogen) atoms. The highest BCUT2D eigenvalue weighted by Crippen LogP contribution is 2.08. The number of thiophene rings is 1. The van der Waals surface area contributed by atoms with E-state index in [4.69, 9.17) is 16.6 Å². The van der Waals surface area contributed by atoms with E-state index < -0.39 is 0 Å². The first-order valence-corrected chi connectivity index (χ1v) is 12.8. The van der Waals surface area contributed by atoms with Crippen LogP contribution >= 0.6 is 23.1 Å². The first-order chi connectivity index (χ1) is 15.9. The molecule has 0 fully saturated rings. The number of ether oxygens (including phenoxy) is 2. The topological polar surface area (TPSA) is 125 Å². The average Bonchev–Trinajstić information content (AvgIpc) is 3.36. The van der Waals surface area contributed by atoms with Gasteiger partial charge < -0.3 is 26.0 Å². The number of hydrogen-bond acceptors (Lipinski definition) is 9. The lowest BCUT2D eigenvalue weighted by Gasteiger charge is -1.98. The summed E-state index contributed by atoms with van der Waals surface area (Å²) in [6.07, 6.45) is 3.77. The van der Waals surface area contributed by atoms with Gasteiger partial charge in [-0.25, -0.2) is 0 Å². The van der Waals surface area contributed by atoms with E-state index in [1.165, 1.54) is 43.7 Å². The van der Waals surface area contributed by atoms with Crippen molar-refractivity contribution >= 4 is 40.7 Å². The van der Waals surface area contributed by atoms with Gasteiger partial charge in [0.1, 0.15) is 0 Å². The van der Waals surface area contributed by atoms with Gasteiger partial charge in [-0.3, -0.25) is 9.59 Å². The predicted octanol–water partition coefficient (Wildman–Crippen LogP) is 4.27. The van der Waals surface area contributed by atoms with Crippen molar-refractivity contribution in [1.82, 2.24) is 0 Å². The molecule has 0 bridgehead atoms. The average molecular weight is 501 g/mol. The van der Waals surface area contributed by atoms with E-state index in [-0.39, 0.29) is 24.3 Å². The molecule has 188 valence electrons. The minimum atomic E-state index is -0.273. The normalized spacial score (nSPS) is 9.15. The Kier molecular flexibility index (Phi) is 24.6. The van der Waals surface area contributed by atoms with Crippen LogP contribution in [0.1, 0.15) is 43.6 Å². The Morgan fingerprint density at radius 2 is 1.67 bits per heavy atom. The third-order valence-corrected chi connectivity index (χ3v) is 5.71. The van der Waals surface area contributed by atoms with E-state index in [0.29, 0.717) is 18.7 Å². The van der Waals surface area contributed by atoms with Crippen molar-refractivity contribution in [2.45, 2.75) is 46.1 Å². The smallest absolute Gasteiger partial charge is 0.315 e. The summed E-state index contributed by atoms with van der Waals surface area (Å²) < 4.78 is 8.82. The zero-order valence-electron chi connectivity index (χ0n) is 20.2. The van der Waals surface area contributed by atoms with Gasteiger partial charge in [0.05, 0.1) is 26.4 Å². The van der Waals surface area contributed by atoms with Crippen molar-refractivity contribution in [2.24, 2.45) is 5.73 Å². The lowest BCUT2D eigenvalue weighted by atomic mass is 10.2. The molecule has 0 unspecified atom stereocenters. The van der Waals surface area contributed by atoms with Crippen LogP contribution in [0.5, 0.6) is 0 Å². The minimum Gasteiger partial charge on any atom is -0.469 e. The second kappa shape index (κ2) is 24.6. The molecule has 7 nitrogen and oxygen atoms in total. The summed E-state index contributed by atoms with van der Waals surface area (Å²) in [5.41, 5.74) is 12.7. The zero-order valence-corrected chi connectivity index (χ0v) is 21.9. The number of hydrogen-bond donors (Lipinski definition) is 3. The highest BCUT2D eigenvalue weighted by atomic mass is 32.2. The fourth-order valence-corrected chi connectivity index (χ4v) is 3.20. The summed E-state index contributed by atoms with van der Waals surface area (Å²) in [6.45, 7) is 5.15. The summed E-state index contributed by atoms with van der Waals surface area (Å²) in [5, 5.41) is 10.5. The van der Waals surface area contributed by atoms with Crippen molar-refractivity contribution in [1.29, 1.82) is 0 Å². The number of nitrogen functional groups attached to an aromatic ring is 1. The van der Waals surface area contributed by atoms with Crippen LogP contribution in [-0.2, 0) is 32.0 Å². The fraction of sp³-hybridized carbons (Fsp3) is 0.500. The van der Waals surface area contributed by atoms with E-state index in [9.17, 15) is 9.59 Å². The van der Waals surface area contributed by atoms with Gasteiger partial charge >= 0.3 is 11.9 Å². The van der Waals surface area contributed by atoms with Gasteiger partial charge in [0.25, 0.3) is 0 Å². The standard InChI is InChI=1S/C7H10N2.C7H12O4S.C6H8OS.C4H10/c8-5-6-3-1-2-4-7(6)9;1-10-6(8)3-4-12-5-7(9)11-2;7-4-3-6-2-1-5-8-6;1-3-4-2/h1-4H,5,8-9H2;3-5H2,1-2H3;1-2,5,7H,3-4H2;3-4H2,1-2H3. The van der Waals surface area contributed by atoms with Crippen molar-refractivity contribution < 1.29 is 24.2 Å². The lowest BCUT2D eigenvalue weighted by Crippen LogP contribution is -2.06. The predicted molar refractivity (Wildman–Crippen MR) is 140 cm³/mol. The van der Waals surface area contributed by atoms with Crippen LogP contribution in [0.3, 0.4) is 0 Å². The number of anilines is 1. The number of para-hydroxylation sites is 1. The van der Waals surface area contributed by atoms with Crippen molar-refractivity contribution in [3.63, 3.8) is 0 Å². The Labute approximate surface area is 206 Å². The number of carbonyl (C=O) groups excluding carboxylic acids is 2. The van der Waals surface area contributed by atoms with E-state index >= 15 is 0 Å². The number of thioether (sulfide) groups is 1. The third-order valence-electron chi connectivity index (χ3n) is 3.84. The molecule has 0 saturated heterocycles. The molecule has 1 aromatic heterocycles. The second-order valence-corrected chi connectivity index (χ2v) is 8.55. The fourth-order valence-electron chi connectivity index (χ4n) is 1.76. The molecule has 0 radical (unpaired) electrons. The van der Waals surface area contributed by atoms with Gasteiger partial charge in [-0.05, 0) is 23.1 Å². The molecule has 5 N–H and O–H groups in total. The summed E-state index contributed by atoms with van der Waals surface area (Å²) in [7, 11) is 2.68. The van der Waals surface area contributed by atoms with E-state index in [1.807, 2.05) is 41.8 Å². The molecule has 0 atom stereocenters. The molecule has 0 saturated carbocycles. The van der Waals surface area contributed by atoms with E-state index in [2.05, 4.69) is 23.3 Å². The van der Waals surface area contributed by atoms with Gasteiger partial charge in [-0.2, -0.15) is 0 Å². The van der Waals surface area contributed by atoms with Crippen LogP contribution in [0.15, 0.2) is 41.8 Å². The lowest BCUT2D eigenvalue weighted by molar-refractivity contribution is -0.140. The summed E-state index contributed by atoms with van der Waals surface area (Å²) in [4.78, 5) is 22.4. The Hall–Kier alpha value is -2.07. The van der Waals surface area contributed by atoms with Gasteiger partial charge in [-0.1, -0.05) is 51.0 Å². The molecule has 2 rings (SSSR count). The highest BCUT2D eigenvalue weighted by molar-refractivity contribution is 7.99. The van der Waals surface area contributed by atoms with Crippen molar-refractivity contribution in [2.75, 3.05) is 38.1 Å². The molecule has 1 aromatic carbocycles. The van der Waals surface area contributed by atoms with E-state index in [0.717, 1.165) is 17.7 Å². The molecule has 2 aromatic rings. The zero-order chi connectivity index (χ0) is 25.3. The molecule has 1 heterocycles. The molecule has 9 heteroatoms. The molecule has 0 amide bonds. The molecule has 0 aliphatic carbocycles.